The number of hydrogen-bond acceptors (Lipinski definition) is 4. The van der Waals surface area contributed by atoms with E-state index in [2.05, 4.69) is 20.5 Å². The van der Waals surface area contributed by atoms with E-state index in [1.165, 1.54) is 12.8 Å². The normalized spacial score (nSPS) is 20.7. The van der Waals surface area contributed by atoms with Crippen LogP contribution in [-0.4, -0.2) is 32.2 Å². The van der Waals surface area contributed by atoms with Gasteiger partial charge >= 0.3 is 0 Å². The van der Waals surface area contributed by atoms with E-state index in [4.69, 9.17) is 11.6 Å². The minimum Gasteiger partial charge on any atom is -0.314 e. The summed E-state index contributed by atoms with van der Waals surface area (Å²) in [6, 6.07) is 0.506. The van der Waals surface area contributed by atoms with Gasteiger partial charge in [-0.3, -0.25) is 4.40 Å². The molecule has 3 heterocycles. The van der Waals surface area contributed by atoms with E-state index in [-0.39, 0.29) is 0 Å². The predicted octanol–water partition coefficient (Wildman–Crippen LogP) is 1.07. The van der Waals surface area contributed by atoms with E-state index >= 15 is 0 Å². The molecule has 0 amide bonds. The fraction of sp³-hybridized carbons (Fsp3) is 0.500. The molecule has 1 saturated heterocycles. The highest BCUT2D eigenvalue weighted by Crippen LogP contribution is 2.13. The van der Waals surface area contributed by atoms with E-state index < -0.39 is 0 Å². The van der Waals surface area contributed by atoms with E-state index in [9.17, 15) is 0 Å². The van der Waals surface area contributed by atoms with Gasteiger partial charge in [-0.25, -0.2) is 4.98 Å². The van der Waals surface area contributed by atoms with E-state index in [1.54, 1.807) is 6.20 Å². The lowest BCUT2D eigenvalue weighted by atomic mass is 10.1. The summed E-state index contributed by atoms with van der Waals surface area (Å²) in [5.41, 5.74) is 0. The number of hydrogen-bond donors (Lipinski definition) is 1. The maximum atomic E-state index is 5.91. The molecule has 0 aliphatic carbocycles. The zero-order valence-corrected chi connectivity index (χ0v) is 9.48. The monoisotopic (exact) mass is 237 g/mol. The summed E-state index contributed by atoms with van der Waals surface area (Å²) in [6.45, 7) is 1.10. The third-order valence-electron chi connectivity index (χ3n) is 2.90. The lowest BCUT2D eigenvalue weighted by Gasteiger charge is -2.07. The minimum atomic E-state index is 0.506. The van der Waals surface area contributed by atoms with Crippen molar-refractivity contribution >= 4 is 17.4 Å². The number of rotatable bonds is 2. The van der Waals surface area contributed by atoms with Gasteiger partial charge < -0.3 is 5.32 Å². The summed E-state index contributed by atoms with van der Waals surface area (Å²) in [4.78, 5) is 4.11. The van der Waals surface area contributed by atoms with Crippen LogP contribution < -0.4 is 5.32 Å². The van der Waals surface area contributed by atoms with Gasteiger partial charge in [0.1, 0.15) is 5.82 Å². The zero-order chi connectivity index (χ0) is 11.0. The number of fused-ring (bicyclic) bond motifs is 1. The van der Waals surface area contributed by atoms with Crippen LogP contribution in [0.15, 0.2) is 12.4 Å². The highest BCUT2D eigenvalue weighted by atomic mass is 35.5. The van der Waals surface area contributed by atoms with E-state index in [1.807, 2.05) is 10.6 Å². The molecule has 1 fully saturated rings. The molecule has 84 valence electrons. The van der Waals surface area contributed by atoms with Crippen molar-refractivity contribution in [3.05, 3.63) is 23.2 Å². The Hall–Kier alpha value is -1.20. The Balaban J connectivity index is 1.93. The van der Waals surface area contributed by atoms with Crippen LogP contribution >= 0.6 is 11.6 Å². The van der Waals surface area contributed by atoms with Crippen molar-refractivity contribution in [3.8, 4) is 0 Å². The Morgan fingerprint density at radius 1 is 1.50 bits per heavy atom. The maximum Gasteiger partial charge on any atom is 0.255 e. The summed E-state index contributed by atoms with van der Waals surface area (Å²) in [5.74, 6) is 1.53. The first-order chi connectivity index (χ1) is 7.83. The summed E-state index contributed by atoms with van der Waals surface area (Å²) in [6.07, 6.45) is 6.71. The summed E-state index contributed by atoms with van der Waals surface area (Å²) >= 11 is 5.91. The van der Waals surface area contributed by atoms with Crippen molar-refractivity contribution in [2.75, 3.05) is 6.54 Å². The molecule has 1 N–H and O–H groups in total. The van der Waals surface area contributed by atoms with Crippen LogP contribution in [0.2, 0.25) is 5.02 Å². The standard InChI is InChI=1S/C10H12ClN5/c11-7-5-13-10-15-14-9(16(10)6-7)4-8-2-1-3-12-8/h5-6,8,12H,1-4H2. The lowest BCUT2D eigenvalue weighted by Crippen LogP contribution is -2.24. The highest BCUT2D eigenvalue weighted by Gasteiger charge is 2.17. The number of nitrogens with zero attached hydrogens (tertiary/aromatic N) is 4. The Labute approximate surface area is 97.8 Å². The molecule has 0 bridgehead atoms. The summed E-state index contributed by atoms with van der Waals surface area (Å²) < 4.78 is 1.86. The van der Waals surface area contributed by atoms with Crippen molar-refractivity contribution in [2.45, 2.75) is 25.3 Å². The van der Waals surface area contributed by atoms with Gasteiger partial charge in [-0.05, 0) is 19.4 Å². The van der Waals surface area contributed by atoms with Gasteiger partial charge in [0.15, 0.2) is 0 Å². The van der Waals surface area contributed by atoms with Crippen LogP contribution in [0.1, 0.15) is 18.7 Å². The molecule has 1 aliphatic rings. The second kappa shape index (κ2) is 3.99. The van der Waals surface area contributed by atoms with Gasteiger partial charge in [0, 0.05) is 18.7 Å². The summed E-state index contributed by atoms with van der Waals surface area (Å²) in [7, 11) is 0. The average molecular weight is 238 g/mol. The van der Waals surface area contributed by atoms with E-state index in [0.29, 0.717) is 16.8 Å². The Kier molecular flexibility index (Phi) is 2.49. The van der Waals surface area contributed by atoms with Crippen LogP contribution in [0.5, 0.6) is 0 Å². The largest absolute Gasteiger partial charge is 0.314 e. The van der Waals surface area contributed by atoms with Gasteiger partial charge in [-0.2, -0.15) is 0 Å². The lowest BCUT2D eigenvalue weighted by molar-refractivity contribution is 0.582. The summed E-state index contributed by atoms with van der Waals surface area (Å²) in [5, 5.41) is 12.2. The minimum absolute atomic E-state index is 0.506. The van der Waals surface area contributed by atoms with Crippen molar-refractivity contribution in [1.29, 1.82) is 0 Å². The van der Waals surface area contributed by atoms with Gasteiger partial charge in [0.05, 0.1) is 11.2 Å². The molecule has 1 aliphatic heterocycles. The number of nitrogens with one attached hydrogen (secondary N) is 1. The molecule has 16 heavy (non-hydrogen) atoms. The van der Waals surface area contributed by atoms with Gasteiger partial charge in [-0.15, -0.1) is 10.2 Å². The SMILES string of the molecule is Clc1cnc2nnc(CC3CCCN3)n2c1. The van der Waals surface area contributed by atoms with Crippen LogP contribution in [0.25, 0.3) is 5.78 Å². The second-order valence-electron chi connectivity index (χ2n) is 4.06. The first kappa shape index (κ1) is 9.99. The fourth-order valence-corrected chi connectivity index (χ4v) is 2.25. The van der Waals surface area contributed by atoms with Crippen molar-refractivity contribution in [2.24, 2.45) is 0 Å². The smallest absolute Gasteiger partial charge is 0.255 e. The Bertz CT molecular complexity index is 503. The van der Waals surface area contributed by atoms with Gasteiger partial charge in [0.2, 0.25) is 0 Å². The molecular formula is C10H12ClN5. The molecule has 6 heteroatoms. The predicted molar refractivity (Wildman–Crippen MR) is 60.5 cm³/mol. The molecule has 0 radical (unpaired) electrons. The Morgan fingerprint density at radius 2 is 2.44 bits per heavy atom. The van der Waals surface area contributed by atoms with Crippen molar-refractivity contribution < 1.29 is 0 Å². The van der Waals surface area contributed by atoms with Crippen molar-refractivity contribution in [3.63, 3.8) is 0 Å². The average Bonchev–Trinajstić information content (AvgIpc) is 2.90. The topological polar surface area (TPSA) is 55.1 Å². The fourth-order valence-electron chi connectivity index (χ4n) is 2.10. The quantitative estimate of drug-likeness (QED) is 0.849. The number of aromatic nitrogens is 4. The highest BCUT2D eigenvalue weighted by molar-refractivity contribution is 6.30. The third kappa shape index (κ3) is 1.76. The molecule has 3 rings (SSSR count). The molecule has 1 unspecified atom stereocenters. The van der Waals surface area contributed by atoms with E-state index in [0.717, 1.165) is 18.8 Å². The molecule has 5 nitrogen and oxygen atoms in total. The molecule has 2 aromatic heterocycles. The van der Waals surface area contributed by atoms with Gasteiger partial charge in [0.25, 0.3) is 5.78 Å². The van der Waals surface area contributed by atoms with Crippen LogP contribution in [-0.2, 0) is 6.42 Å². The van der Waals surface area contributed by atoms with Gasteiger partial charge in [-0.1, -0.05) is 11.6 Å². The second-order valence-corrected chi connectivity index (χ2v) is 4.49. The van der Waals surface area contributed by atoms with Crippen LogP contribution in [0.3, 0.4) is 0 Å². The molecule has 1 atom stereocenters. The number of halogens is 1. The van der Waals surface area contributed by atoms with Crippen molar-refractivity contribution in [1.82, 2.24) is 24.9 Å². The molecule has 0 saturated carbocycles. The molecular weight excluding hydrogens is 226 g/mol. The molecule has 0 spiro atoms. The first-order valence-corrected chi connectivity index (χ1v) is 5.79. The molecule has 2 aromatic rings. The first-order valence-electron chi connectivity index (χ1n) is 5.41. The Morgan fingerprint density at radius 3 is 3.25 bits per heavy atom. The maximum absolute atomic E-state index is 5.91. The van der Waals surface area contributed by atoms with Crippen LogP contribution in [0, 0.1) is 0 Å². The third-order valence-corrected chi connectivity index (χ3v) is 3.09. The van der Waals surface area contributed by atoms with Crippen LogP contribution in [0.4, 0.5) is 0 Å². The zero-order valence-electron chi connectivity index (χ0n) is 8.73. The molecule has 0 aromatic carbocycles.